The van der Waals surface area contributed by atoms with Crippen LogP contribution in [0.3, 0.4) is 0 Å². The number of aliphatic hydroxyl groups is 1. The maximum Gasteiger partial charge on any atom is 0.223 e. The average molecular weight is 857 g/mol. The van der Waals surface area contributed by atoms with E-state index in [9.17, 15) is 5.11 Å². The van der Waals surface area contributed by atoms with Crippen LogP contribution in [-0.2, 0) is 62.3 Å². The van der Waals surface area contributed by atoms with Gasteiger partial charge in [0.1, 0.15) is 24.4 Å². The second-order valence-corrected chi connectivity index (χ2v) is 15.6. The summed E-state index contributed by atoms with van der Waals surface area (Å²) in [6.07, 6.45) is -4.06. The second-order valence-electron chi connectivity index (χ2n) is 15.3. The minimum Gasteiger partial charge on any atom is -0.494 e. The van der Waals surface area contributed by atoms with Gasteiger partial charge in [0.2, 0.25) is 11.6 Å². The van der Waals surface area contributed by atoms with Crippen LogP contribution < -0.4 is 4.74 Å². The molecule has 0 radical (unpaired) electrons. The summed E-state index contributed by atoms with van der Waals surface area (Å²) in [5.41, 5.74) is 4.40. The minimum atomic E-state index is -2.26. The lowest BCUT2D eigenvalue weighted by atomic mass is 9.84. The molecule has 62 heavy (non-hydrogen) atoms. The highest BCUT2D eigenvalue weighted by atomic mass is 35.5. The fraction of sp³-hybridized carbons (Fsp3) is 0.231. The highest BCUT2D eigenvalue weighted by molar-refractivity contribution is 6.36. The van der Waals surface area contributed by atoms with Gasteiger partial charge in [-0.15, -0.1) is 0 Å². The van der Waals surface area contributed by atoms with E-state index in [4.69, 9.17) is 40.0 Å². The Balaban J connectivity index is 1.27. The Morgan fingerprint density at radius 3 is 1.65 bits per heavy atom. The maximum absolute atomic E-state index is 15.6. The lowest BCUT2D eigenvalue weighted by Crippen LogP contribution is -2.65. The van der Waals surface area contributed by atoms with Crippen molar-refractivity contribution < 1.29 is 42.3 Å². The van der Waals surface area contributed by atoms with E-state index in [-0.39, 0.29) is 50.8 Å². The van der Waals surface area contributed by atoms with E-state index >= 15 is 8.78 Å². The fourth-order valence-corrected chi connectivity index (χ4v) is 8.25. The summed E-state index contributed by atoms with van der Waals surface area (Å²) in [5.74, 6) is -4.64. The molecule has 7 nitrogen and oxygen atoms in total. The monoisotopic (exact) mass is 856 g/mol. The van der Waals surface area contributed by atoms with E-state index in [0.717, 1.165) is 22.3 Å². The molecule has 1 aliphatic rings. The molecule has 0 aliphatic carbocycles. The largest absolute Gasteiger partial charge is 0.494 e. The van der Waals surface area contributed by atoms with Gasteiger partial charge in [0, 0.05) is 17.4 Å². The van der Waals surface area contributed by atoms with Gasteiger partial charge < -0.3 is 33.5 Å². The van der Waals surface area contributed by atoms with E-state index < -0.39 is 41.8 Å². The van der Waals surface area contributed by atoms with Crippen molar-refractivity contribution >= 4 is 22.4 Å². The van der Waals surface area contributed by atoms with Gasteiger partial charge in [-0.25, -0.2) is 4.39 Å². The first kappa shape index (κ1) is 43.2. The van der Waals surface area contributed by atoms with Gasteiger partial charge >= 0.3 is 0 Å². The van der Waals surface area contributed by atoms with E-state index in [1.165, 1.54) is 19.2 Å². The summed E-state index contributed by atoms with van der Waals surface area (Å²) in [6.45, 7) is 0.716. The zero-order chi connectivity index (χ0) is 42.9. The number of benzene rings is 7. The fourth-order valence-electron chi connectivity index (χ4n) is 7.96. The van der Waals surface area contributed by atoms with E-state index in [1.807, 2.05) is 146 Å². The molecular formula is C52H47ClF2O7. The van der Waals surface area contributed by atoms with Crippen molar-refractivity contribution in [2.45, 2.75) is 63.1 Å². The normalized spacial score (nSPS) is 20.0. The van der Waals surface area contributed by atoms with Crippen LogP contribution in [0.2, 0.25) is 5.02 Å². The first-order valence-corrected chi connectivity index (χ1v) is 20.9. The Labute approximate surface area is 365 Å². The zero-order valence-corrected chi connectivity index (χ0v) is 34.9. The molecule has 7 aromatic carbocycles. The first-order valence-electron chi connectivity index (χ1n) is 20.5. The Morgan fingerprint density at radius 1 is 0.581 bits per heavy atom. The van der Waals surface area contributed by atoms with Gasteiger partial charge in [0.15, 0.2) is 11.6 Å². The molecule has 8 rings (SSSR count). The number of rotatable bonds is 17. The van der Waals surface area contributed by atoms with Crippen molar-refractivity contribution in [2.75, 3.05) is 13.7 Å². The van der Waals surface area contributed by atoms with Crippen molar-refractivity contribution in [3.8, 4) is 5.75 Å². The molecule has 1 fully saturated rings. The van der Waals surface area contributed by atoms with Crippen molar-refractivity contribution in [1.29, 1.82) is 0 Å². The molecule has 7 aromatic rings. The molecule has 0 unspecified atom stereocenters. The minimum absolute atomic E-state index is 0.00196. The molecule has 0 bridgehead atoms. The van der Waals surface area contributed by atoms with Gasteiger partial charge in [-0.2, -0.15) is 4.39 Å². The number of fused-ring (bicyclic) bond motifs is 1. The van der Waals surface area contributed by atoms with E-state index in [1.54, 1.807) is 6.07 Å². The number of hydrogen-bond donors (Lipinski definition) is 1. The molecule has 1 heterocycles. The smallest absolute Gasteiger partial charge is 0.223 e. The van der Waals surface area contributed by atoms with Crippen molar-refractivity contribution in [3.05, 3.63) is 219 Å². The van der Waals surface area contributed by atoms with Crippen LogP contribution >= 0.6 is 11.6 Å². The molecule has 0 saturated carbocycles. The second kappa shape index (κ2) is 20.1. The van der Waals surface area contributed by atoms with E-state index in [2.05, 4.69) is 0 Å². The molecule has 10 heteroatoms. The molecular weight excluding hydrogens is 810 g/mol. The summed E-state index contributed by atoms with van der Waals surface area (Å²) >= 11 is 7.14. The molecule has 0 amide bonds. The standard InChI is InChI=1S/C52H47ClF2O7/c1-57-44-27-26-39(47(54)48(44)55)28-40-29-43(41-24-14-15-25-42(41)46(40)53)52(56)51(61-33-38-22-12-5-13-23-38)50(60-32-37-20-10-4-11-21-37)49(59-31-36-18-8-3-9-19-36)45(62-52)34-58-30-35-16-6-2-7-17-35/h2-27,29,45,49-51,56H,28,30-34H2,1H3/t45-,49-,50+,51-,52+/m1/s1. The highest BCUT2D eigenvalue weighted by Crippen LogP contribution is 2.46. The number of hydrogen-bond acceptors (Lipinski definition) is 7. The van der Waals surface area contributed by atoms with Crippen LogP contribution in [0.25, 0.3) is 10.8 Å². The van der Waals surface area contributed by atoms with Crippen molar-refractivity contribution in [1.82, 2.24) is 0 Å². The van der Waals surface area contributed by atoms with Crippen molar-refractivity contribution in [3.63, 3.8) is 0 Å². The van der Waals surface area contributed by atoms with Crippen LogP contribution in [0, 0.1) is 11.6 Å². The number of methoxy groups -OCH3 is 1. The topological polar surface area (TPSA) is 75.6 Å². The summed E-state index contributed by atoms with van der Waals surface area (Å²) in [7, 11) is 1.28. The van der Waals surface area contributed by atoms with Gasteiger partial charge in [-0.1, -0.05) is 163 Å². The van der Waals surface area contributed by atoms with Crippen molar-refractivity contribution in [2.24, 2.45) is 0 Å². The van der Waals surface area contributed by atoms with Crippen LogP contribution in [0.4, 0.5) is 8.78 Å². The predicted molar refractivity (Wildman–Crippen MR) is 235 cm³/mol. The summed E-state index contributed by atoms with van der Waals surface area (Å²) in [6, 6.07) is 50.7. The maximum atomic E-state index is 15.6. The zero-order valence-electron chi connectivity index (χ0n) is 34.2. The van der Waals surface area contributed by atoms with Gasteiger partial charge in [-0.05, 0) is 50.9 Å². The molecule has 1 saturated heterocycles. The Kier molecular flexibility index (Phi) is 14.0. The van der Waals surface area contributed by atoms with Crippen LogP contribution in [0.1, 0.15) is 38.9 Å². The molecule has 1 aliphatic heterocycles. The number of halogens is 3. The van der Waals surface area contributed by atoms with Crippen LogP contribution in [0.15, 0.2) is 164 Å². The third kappa shape index (κ3) is 9.75. The third-order valence-electron chi connectivity index (χ3n) is 11.1. The Morgan fingerprint density at radius 2 is 1.08 bits per heavy atom. The number of ether oxygens (including phenoxy) is 6. The van der Waals surface area contributed by atoms with E-state index in [0.29, 0.717) is 26.9 Å². The van der Waals surface area contributed by atoms with Gasteiger partial charge in [0.05, 0.1) is 45.2 Å². The summed E-state index contributed by atoms with van der Waals surface area (Å²) < 4.78 is 69.7. The highest BCUT2D eigenvalue weighted by Gasteiger charge is 2.58. The quantitative estimate of drug-likeness (QED) is 0.0978. The molecule has 0 spiro atoms. The SMILES string of the molecule is COc1ccc(Cc2cc([C@]3(O)O[C@H](COCc4ccccc4)[C@@H](OCc4ccccc4)[C@H](OCc4ccccc4)[C@H]3OCc3ccccc3)c3ccccc3c2Cl)c(F)c1F. The van der Waals surface area contributed by atoms with Gasteiger partial charge in [0.25, 0.3) is 0 Å². The molecule has 1 N–H and O–H groups in total. The Hall–Kier alpha value is -5.49. The van der Waals surface area contributed by atoms with Crippen LogP contribution in [-0.4, -0.2) is 43.2 Å². The third-order valence-corrected chi connectivity index (χ3v) is 11.6. The molecule has 318 valence electrons. The van der Waals surface area contributed by atoms with Crippen LogP contribution in [0.5, 0.6) is 5.75 Å². The molecule has 5 atom stereocenters. The molecule has 0 aromatic heterocycles. The average Bonchev–Trinajstić information content (AvgIpc) is 3.31. The lowest BCUT2D eigenvalue weighted by Gasteiger charge is -2.50. The predicted octanol–water partition coefficient (Wildman–Crippen LogP) is 10.9. The first-order chi connectivity index (χ1) is 30.3. The van der Waals surface area contributed by atoms with Gasteiger partial charge in [-0.3, -0.25) is 0 Å². The summed E-state index contributed by atoms with van der Waals surface area (Å²) in [4.78, 5) is 0. The Bertz CT molecular complexity index is 2530. The lowest BCUT2D eigenvalue weighted by molar-refractivity contribution is -0.378. The summed E-state index contributed by atoms with van der Waals surface area (Å²) in [5, 5.41) is 15.1.